The normalized spacial score (nSPS) is 11.2. The molecule has 4 aromatic rings. The molecule has 0 bridgehead atoms. The lowest BCUT2D eigenvalue weighted by molar-refractivity contribution is 0.267. The van der Waals surface area contributed by atoms with E-state index in [-0.39, 0.29) is 11.1 Å². The number of hydrogen-bond acceptors (Lipinski definition) is 4. The van der Waals surface area contributed by atoms with Crippen LogP contribution in [0.15, 0.2) is 50.5 Å². The summed E-state index contributed by atoms with van der Waals surface area (Å²) in [6.45, 7) is 6.18. The van der Waals surface area contributed by atoms with Gasteiger partial charge in [-0.15, -0.1) is 0 Å². The molecule has 0 spiro atoms. The zero-order chi connectivity index (χ0) is 24.4. The van der Waals surface area contributed by atoms with Crippen molar-refractivity contribution in [3.63, 3.8) is 0 Å². The molecule has 0 aliphatic rings. The van der Waals surface area contributed by atoms with E-state index in [1.54, 1.807) is 26.0 Å². The lowest BCUT2D eigenvalue weighted by Gasteiger charge is -2.20. The molecule has 178 valence electrons. The second kappa shape index (κ2) is 9.99. The Morgan fingerprint density at radius 1 is 0.912 bits per heavy atom. The Morgan fingerprint density at radius 3 is 2.00 bits per heavy atom. The van der Waals surface area contributed by atoms with Crippen molar-refractivity contribution in [1.82, 2.24) is 20.4 Å². The van der Waals surface area contributed by atoms with Crippen LogP contribution in [0.25, 0.3) is 0 Å². The second-order valence-electron chi connectivity index (χ2n) is 7.85. The largest absolute Gasteiger partial charge is 0.490 e. The van der Waals surface area contributed by atoms with Crippen LogP contribution in [-0.4, -0.2) is 27.0 Å². The van der Waals surface area contributed by atoms with E-state index in [9.17, 15) is 9.59 Å². The van der Waals surface area contributed by atoms with Gasteiger partial charge in [0.25, 0.3) is 11.1 Å². The summed E-state index contributed by atoms with van der Waals surface area (Å²) < 4.78 is 12.6. The maximum atomic E-state index is 12.7. The molecule has 8 nitrogen and oxygen atoms in total. The fourth-order valence-electron chi connectivity index (χ4n) is 3.98. The predicted octanol–water partition coefficient (Wildman–Crippen LogP) is 4.91. The lowest BCUT2D eigenvalue weighted by atomic mass is 9.85. The maximum absolute atomic E-state index is 12.7. The van der Waals surface area contributed by atoms with Gasteiger partial charge in [-0.05, 0) is 72.1 Å². The van der Waals surface area contributed by atoms with Gasteiger partial charge in [-0.3, -0.25) is 19.8 Å². The average molecular weight is 548 g/mol. The van der Waals surface area contributed by atoms with Gasteiger partial charge in [0, 0.05) is 22.3 Å². The summed E-state index contributed by atoms with van der Waals surface area (Å²) in [5.41, 5.74) is 3.27. The predicted molar refractivity (Wildman–Crippen MR) is 134 cm³/mol. The van der Waals surface area contributed by atoms with E-state index in [2.05, 4.69) is 36.3 Å². The molecule has 2 heterocycles. The van der Waals surface area contributed by atoms with Crippen molar-refractivity contribution in [2.75, 3.05) is 6.61 Å². The number of aryl methyl sites for hydroxylation is 2. The molecule has 0 aliphatic carbocycles. The summed E-state index contributed by atoms with van der Waals surface area (Å²) in [6, 6.07) is 11.1. The van der Waals surface area contributed by atoms with Gasteiger partial charge in [-0.25, -0.2) is 0 Å². The van der Waals surface area contributed by atoms with Crippen molar-refractivity contribution < 1.29 is 9.47 Å². The van der Waals surface area contributed by atoms with E-state index in [1.165, 1.54) is 0 Å². The first-order valence-corrected chi connectivity index (χ1v) is 11.8. The molecule has 0 amide bonds. The van der Waals surface area contributed by atoms with E-state index in [0.717, 1.165) is 5.56 Å². The number of benzene rings is 2. The standard InChI is InChI=1S/C24H24BrClN4O4/c1-4-33-18-10-15(9-17(25)22(18)34-11-14-5-7-16(26)8-6-14)21(19-12(2)27-29-23(19)31)20-13(3)28-30-24(20)32/h5-10,21H,4,11H2,1-3H3,(H2,27,29,31)(H2,28,30,32). The van der Waals surface area contributed by atoms with Crippen molar-refractivity contribution in [3.8, 4) is 11.5 Å². The molecule has 0 saturated carbocycles. The fraction of sp³-hybridized carbons (Fsp3) is 0.250. The van der Waals surface area contributed by atoms with Gasteiger partial charge in [0.15, 0.2) is 11.5 Å². The first-order valence-electron chi connectivity index (χ1n) is 10.7. The number of halogens is 2. The van der Waals surface area contributed by atoms with Crippen LogP contribution in [-0.2, 0) is 6.61 Å². The first-order chi connectivity index (χ1) is 16.3. The molecular formula is C24H24BrClN4O4. The van der Waals surface area contributed by atoms with Gasteiger partial charge in [0.1, 0.15) is 6.61 Å². The van der Waals surface area contributed by atoms with Gasteiger partial charge in [-0.2, -0.15) is 0 Å². The highest BCUT2D eigenvalue weighted by Gasteiger charge is 2.29. The Labute approximate surface area is 208 Å². The number of H-pyrrole nitrogens is 4. The number of hydrogen-bond donors (Lipinski definition) is 4. The monoisotopic (exact) mass is 546 g/mol. The first kappa shape index (κ1) is 24.0. The highest BCUT2D eigenvalue weighted by Crippen LogP contribution is 2.42. The minimum absolute atomic E-state index is 0.292. The molecule has 2 aromatic heterocycles. The lowest BCUT2D eigenvalue weighted by Crippen LogP contribution is -2.20. The number of rotatable bonds is 8. The summed E-state index contributed by atoms with van der Waals surface area (Å²) >= 11 is 9.58. The number of aromatic nitrogens is 4. The molecule has 0 aliphatic heterocycles. The minimum Gasteiger partial charge on any atom is -0.490 e. The van der Waals surface area contributed by atoms with Gasteiger partial charge >= 0.3 is 0 Å². The highest BCUT2D eigenvalue weighted by atomic mass is 79.9. The van der Waals surface area contributed by atoms with Crippen LogP contribution in [0.3, 0.4) is 0 Å². The van der Waals surface area contributed by atoms with E-state index in [1.807, 2.05) is 31.2 Å². The summed E-state index contributed by atoms with van der Waals surface area (Å²) in [5.74, 6) is 0.393. The van der Waals surface area contributed by atoms with E-state index < -0.39 is 5.92 Å². The zero-order valence-corrected chi connectivity index (χ0v) is 21.2. The van der Waals surface area contributed by atoms with Crippen LogP contribution in [0.4, 0.5) is 0 Å². The molecular weight excluding hydrogens is 524 g/mol. The molecule has 0 fully saturated rings. The number of nitrogens with one attached hydrogen (secondary N) is 4. The third kappa shape index (κ3) is 4.71. The van der Waals surface area contributed by atoms with Gasteiger partial charge < -0.3 is 19.7 Å². The molecule has 4 rings (SSSR count). The maximum Gasteiger partial charge on any atom is 0.268 e. The summed E-state index contributed by atoms with van der Waals surface area (Å²) in [5, 5.41) is 11.6. The summed E-state index contributed by atoms with van der Waals surface area (Å²) in [6.07, 6.45) is 0. The van der Waals surface area contributed by atoms with Crippen molar-refractivity contribution in [3.05, 3.63) is 100 Å². The third-order valence-corrected chi connectivity index (χ3v) is 6.40. The van der Waals surface area contributed by atoms with Crippen molar-refractivity contribution in [1.29, 1.82) is 0 Å². The third-order valence-electron chi connectivity index (χ3n) is 5.56. The van der Waals surface area contributed by atoms with E-state index in [0.29, 0.717) is 62.3 Å². The molecule has 2 aromatic carbocycles. The van der Waals surface area contributed by atoms with Crippen LogP contribution in [0.5, 0.6) is 11.5 Å². The van der Waals surface area contributed by atoms with Crippen LogP contribution in [0.2, 0.25) is 5.02 Å². The van der Waals surface area contributed by atoms with Crippen molar-refractivity contribution in [2.24, 2.45) is 0 Å². The molecule has 0 atom stereocenters. The Bertz CT molecular complexity index is 1360. The topological polar surface area (TPSA) is 116 Å². The van der Waals surface area contributed by atoms with Crippen LogP contribution in [0, 0.1) is 13.8 Å². The molecule has 0 radical (unpaired) electrons. The average Bonchev–Trinajstić information content (AvgIpc) is 3.31. The quantitative estimate of drug-likeness (QED) is 0.251. The summed E-state index contributed by atoms with van der Waals surface area (Å²) in [7, 11) is 0. The zero-order valence-electron chi connectivity index (χ0n) is 18.8. The number of aromatic amines is 4. The minimum atomic E-state index is -0.633. The van der Waals surface area contributed by atoms with Crippen molar-refractivity contribution in [2.45, 2.75) is 33.3 Å². The van der Waals surface area contributed by atoms with Crippen molar-refractivity contribution >= 4 is 27.5 Å². The van der Waals surface area contributed by atoms with Crippen LogP contribution in [0.1, 0.15) is 46.5 Å². The molecule has 34 heavy (non-hydrogen) atoms. The van der Waals surface area contributed by atoms with E-state index in [4.69, 9.17) is 21.1 Å². The highest BCUT2D eigenvalue weighted by molar-refractivity contribution is 9.10. The molecule has 0 saturated heterocycles. The molecule has 10 heteroatoms. The van der Waals surface area contributed by atoms with Gasteiger partial charge in [0.2, 0.25) is 0 Å². The Hall–Kier alpha value is -3.17. The molecule has 0 unspecified atom stereocenters. The van der Waals surface area contributed by atoms with Crippen LogP contribution < -0.4 is 20.6 Å². The number of ether oxygens (including phenoxy) is 2. The van der Waals surface area contributed by atoms with E-state index >= 15 is 0 Å². The fourth-order valence-corrected chi connectivity index (χ4v) is 4.68. The Balaban J connectivity index is 1.82. The smallest absolute Gasteiger partial charge is 0.268 e. The van der Waals surface area contributed by atoms with Gasteiger partial charge in [-0.1, -0.05) is 23.7 Å². The Kier molecular flexibility index (Phi) is 7.04. The Morgan fingerprint density at radius 2 is 1.50 bits per heavy atom. The summed E-state index contributed by atoms with van der Waals surface area (Å²) in [4.78, 5) is 25.5. The molecule has 4 N–H and O–H groups in total. The second-order valence-corrected chi connectivity index (χ2v) is 9.14. The van der Waals surface area contributed by atoms with Gasteiger partial charge in [0.05, 0.1) is 22.2 Å². The SMILES string of the molecule is CCOc1cc(C(c2c(C)[nH][nH]c2=O)c2c(C)[nH][nH]c2=O)cc(Br)c1OCc1ccc(Cl)cc1. The van der Waals surface area contributed by atoms with Crippen LogP contribution >= 0.6 is 27.5 Å².